The van der Waals surface area contributed by atoms with Crippen molar-refractivity contribution in [3.8, 4) is 0 Å². The molecule has 0 amide bonds. The predicted molar refractivity (Wildman–Crippen MR) is 42.1 cm³/mol. The van der Waals surface area contributed by atoms with Crippen molar-refractivity contribution in [3.05, 3.63) is 22.8 Å². The lowest BCUT2D eigenvalue weighted by Crippen LogP contribution is -2.14. The molecule has 0 radical (unpaired) electrons. The number of allylic oxidation sites excluding steroid dienone is 4. The van der Waals surface area contributed by atoms with Crippen LogP contribution in [-0.4, -0.2) is 11.6 Å². The molecule has 1 aliphatic carbocycles. The summed E-state index contributed by atoms with van der Waals surface area (Å²) < 4.78 is 0. The van der Waals surface area contributed by atoms with Crippen molar-refractivity contribution in [2.24, 2.45) is 0 Å². The first-order valence-corrected chi connectivity index (χ1v) is 3.49. The second-order valence-corrected chi connectivity index (χ2v) is 2.77. The maximum atomic E-state index is 11.2. The zero-order chi connectivity index (χ0) is 8.59. The molecule has 0 unspecified atom stereocenters. The fourth-order valence-electron chi connectivity index (χ4n) is 1.02. The molecule has 11 heavy (non-hydrogen) atoms. The van der Waals surface area contributed by atoms with Gasteiger partial charge in [-0.15, -0.1) is 0 Å². The van der Waals surface area contributed by atoms with Gasteiger partial charge in [-0.3, -0.25) is 9.59 Å². The molecule has 1 rings (SSSR count). The van der Waals surface area contributed by atoms with Crippen LogP contribution in [0.15, 0.2) is 22.8 Å². The quantitative estimate of drug-likeness (QED) is 0.489. The third-order valence-electron chi connectivity index (χ3n) is 1.98. The Hall–Kier alpha value is -1.18. The summed E-state index contributed by atoms with van der Waals surface area (Å²) in [7, 11) is 0. The number of carbonyl (C=O) groups excluding carboxylic acids is 2. The van der Waals surface area contributed by atoms with E-state index in [9.17, 15) is 9.59 Å². The van der Waals surface area contributed by atoms with Crippen molar-refractivity contribution in [2.75, 3.05) is 0 Å². The highest BCUT2D eigenvalue weighted by atomic mass is 16.1. The van der Waals surface area contributed by atoms with E-state index < -0.39 is 0 Å². The first-order chi connectivity index (χ1) is 5.04. The van der Waals surface area contributed by atoms with Gasteiger partial charge in [0.1, 0.15) is 0 Å². The van der Waals surface area contributed by atoms with Crippen LogP contribution in [0.25, 0.3) is 0 Å². The van der Waals surface area contributed by atoms with E-state index in [4.69, 9.17) is 0 Å². The largest absolute Gasteiger partial charge is 0.290 e. The third-order valence-corrected chi connectivity index (χ3v) is 1.98. The van der Waals surface area contributed by atoms with Crippen LogP contribution in [0.2, 0.25) is 0 Å². The molecule has 2 heteroatoms. The van der Waals surface area contributed by atoms with Crippen LogP contribution in [0.5, 0.6) is 0 Å². The SMILES string of the molecule is CC1=CC(=O)C(C)=C(C)C1=O. The highest BCUT2D eigenvalue weighted by Gasteiger charge is 2.19. The Bertz CT molecular complexity index is 293. The molecule has 0 spiro atoms. The van der Waals surface area contributed by atoms with E-state index in [1.807, 2.05) is 0 Å². The lowest BCUT2D eigenvalue weighted by molar-refractivity contribution is -0.115. The van der Waals surface area contributed by atoms with Crippen LogP contribution in [0, 0.1) is 0 Å². The van der Waals surface area contributed by atoms with Gasteiger partial charge in [0.25, 0.3) is 0 Å². The maximum Gasteiger partial charge on any atom is 0.184 e. The second kappa shape index (κ2) is 2.46. The van der Waals surface area contributed by atoms with Crippen LogP contribution in [0.1, 0.15) is 20.8 Å². The average Bonchev–Trinajstić information content (AvgIpc) is 1.97. The van der Waals surface area contributed by atoms with E-state index in [-0.39, 0.29) is 11.6 Å². The van der Waals surface area contributed by atoms with Crippen molar-refractivity contribution in [1.29, 1.82) is 0 Å². The van der Waals surface area contributed by atoms with Gasteiger partial charge in [-0.05, 0) is 26.8 Å². The molecule has 0 atom stereocenters. The van der Waals surface area contributed by atoms with Crippen LogP contribution in [-0.2, 0) is 9.59 Å². The number of Topliss-reactive ketones (excluding diaryl/α,β-unsaturated/α-hetero) is 1. The minimum atomic E-state index is -0.0420. The molecular weight excluding hydrogens is 140 g/mol. The molecular formula is C9H10O2. The summed E-state index contributed by atoms with van der Waals surface area (Å²) in [5.74, 6) is -0.0540. The topological polar surface area (TPSA) is 34.1 Å². The minimum absolute atomic E-state index is 0.0119. The van der Waals surface area contributed by atoms with Gasteiger partial charge in [-0.1, -0.05) is 0 Å². The molecule has 0 aromatic carbocycles. The number of carbonyl (C=O) groups is 2. The lowest BCUT2D eigenvalue weighted by atomic mass is 9.92. The van der Waals surface area contributed by atoms with Gasteiger partial charge in [-0.2, -0.15) is 0 Å². The van der Waals surface area contributed by atoms with Crippen molar-refractivity contribution < 1.29 is 9.59 Å². The molecule has 0 N–H and O–H groups in total. The fourth-order valence-corrected chi connectivity index (χ4v) is 1.02. The normalized spacial score (nSPS) is 19.0. The van der Waals surface area contributed by atoms with Crippen LogP contribution in [0.3, 0.4) is 0 Å². The van der Waals surface area contributed by atoms with Gasteiger partial charge in [0.15, 0.2) is 11.6 Å². The lowest BCUT2D eigenvalue weighted by Gasteiger charge is -2.09. The van der Waals surface area contributed by atoms with E-state index in [0.29, 0.717) is 16.7 Å². The first kappa shape index (κ1) is 7.92. The number of rotatable bonds is 0. The van der Waals surface area contributed by atoms with Crippen LogP contribution < -0.4 is 0 Å². The van der Waals surface area contributed by atoms with Gasteiger partial charge in [0.2, 0.25) is 0 Å². The highest BCUT2D eigenvalue weighted by Crippen LogP contribution is 2.17. The summed E-state index contributed by atoms with van der Waals surface area (Å²) in [6.07, 6.45) is 1.39. The summed E-state index contributed by atoms with van der Waals surface area (Å²) in [4.78, 5) is 22.3. The van der Waals surface area contributed by atoms with E-state index in [1.54, 1.807) is 20.8 Å². The van der Waals surface area contributed by atoms with Gasteiger partial charge in [0.05, 0.1) is 0 Å². The smallest absolute Gasteiger partial charge is 0.184 e. The Balaban J connectivity index is 3.19. The maximum absolute atomic E-state index is 11.2. The standard InChI is InChI=1S/C9H10O2/c1-5-4-8(10)6(2)7(3)9(5)11/h4H,1-3H3. The third kappa shape index (κ3) is 1.16. The molecule has 2 nitrogen and oxygen atoms in total. The van der Waals surface area contributed by atoms with Crippen LogP contribution in [0.4, 0.5) is 0 Å². The van der Waals surface area contributed by atoms with Gasteiger partial charge in [0, 0.05) is 16.7 Å². The second-order valence-electron chi connectivity index (χ2n) is 2.77. The van der Waals surface area contributed by atoms with E-state index in [2.05, 4.69) is 0 Å². The summed E-state index contributed by atoms with van der Waals surface area (Å²) in [5.41, 5.74) is 1.69. The highest BCUT2D eigenvalue weighted by molar-refractivity contribution is 6.21. The van der Waals surface area contributed by atoms with Gasteiger partial charge >= 0.3 is 0 Å². The zero-order valence-electron chi connectivity index (χ0n) is 6.89. The summed E-state index contributed by atoms with van der Waals surface area (Å²) >= 11 is 0. The zero-order valence-corrected chi connectivity index (χ0v) is 6.89. The molecule has 0 bridgehead atoms. The molecule has 0 aromatic rings. The van der Waals surface area contributed by atoms with Crippen molar-refractivity contribution in [2.45, 2.75) is 20.8 Å². The van der Waals surface area contributed by atoms with E-state index in [1.165, 1.54) is 6.08 Å². The molecule has 0 aromatic heterocycles. The summed E-state index contributed by atoms with van der Waals surface area (Å²) in [6.45, 7) is 5.03. The van der Waals surface area contributed by atoms with E-state index in [0.717, 1.165) is 0 Å². The Morgan fingerprint density at radius 3 is 2.09 bits per heavy atom. The Kier molecular flexibility index (Phi) is 1.77. The Morgan fingerprint density at radius 1 is 1.00 bits per heavy atom. The van der Waals surface area contributed by atoms with Gasteiger partial charge < -0.3 is 0 Å². The summed E-state index contributed by atoms with van der Waals surface area (Å²) in [5, 5.41) is 0. The van der Waals surface area contributed by atoms with Crippen molar-refractivity contribution in [3.63, 3.8) is 0 Å². The number of ketones is 2. The van der Waals surface area contributed by atoms with E-state index >= 15 is 0 Å². The number of hydrogen-bond acceptors (Lipinski definition) is 2. The first-order valence-electron chi connectivity index (χ1n) is 3.49. The molecule has 0 heterocycles. The minimum Gasteiger partial charge on any atom is -0.290 e. The Labute approximate surface area is 65.6 Å². The molecule has 0 saturated carbocycles. The monoisotopic (exact) mass is 150 g/mol. The molecule has 0 fully saturated rings. The van der Waals surface area contributed by atoms with Gasteiger partial charge in [-0.25, -0.2) is 0 Å². The molecule has 0 saturated heterocycles. The number of hydrogen-bond donors (Lipinski definition) is 0. The van der Waals surface area contributed by atoms with Crippen LogP contribution >= 0.6 is 0 Å². The molecule has 1 aliphatic rings. The average molecular weight is 150 g/mol. The molecule has 0 aliphatic heterocycles. The summed E-state index contributed by atoms with van der Waals surface area (Å²) in [6, 6.07) is 0. The fraction of sp³-hybridized carbons (Fsp3) is 0.333. The van der Waals surface area contributed by atoms with Crippen molar-refractivity contribution >= 4 is 11.6 Å². The molecule has 58 valence electrons. The van der Waals surface area contributed by atoms with Crippen molar-refractivity contribution in [1.82, 2.24) is 0 Å². The predicted octanol–water partition coefficient (Wildman–Crippen LogP) is 1.42. The Morgan fingerprint density at radius 2 is 1.55 bits per heavy atom.